The van der Waals surface area contributed by atoms with Crippen LogP contribution in [0.1, 0.15) is 23.8 Å². The monoisotopic (exact) mass is 153 g/mol. The molecule has 0 amide bonds. The van der Waals surface area contributed by atoms with Crippen LogP contribution in [0.4, 0.5) is 5.69 Å². The molecule has 0 bridgehead atoms. The quantitative estimate of drug-likeness (QED) is 0.633. The molecule has 1 heterocycles. The summed E-state index contributed by atoms with van der Waals surface area (Å²) < 4.78 is 1.50. The van der Waals surface area contributed by atoms with Crippen LogP contribution in [-0.2, 0) is 7.05 Å². The van der Waals surface area contributed by atoms with Gasteiger partial charge in [0.15, 0.2) is 5.78 Å². The van der Waals surface area contributed by atoms with Crippen LogP contribution in [0, 0.1) is 0 Å². The number of aromatic nitrogens is 2. The molecule has 1 aromatic heterocycles. The van der Waals surface area contributed by atoms with Gasteiger partial charge < -0.3 is 5.73 Å². The molecule has 0 saturated carbocycles. The maximum Gasteiger partial charge on any atom is 0.182 e. The molecular weight excluding hydrogens is 142 g/mol. The van der Waals surface area contributed by atoms with Crippen molar-refractivity contribution in [1.29, 1.82) is 0 Å². The zero-order chi connectivity index (χ0) is 8.43. The summed E-state index contributed by atoms with van der Waals surface area (Å²) in [5.74, 6) is 0.0301. The lowest BCUT2D eigenvalue weighted by Gasteiger charge is -1.98. The highest BCUT2D eigenvalue weighted by Crippen LogP contribution is 2.10. The number of nitrogens with zero attached hydrogens (tertiary/aromatic N) is 2. The van der Waals surface area contributed by atoms with Gasteiger partial charge in [-0.15, -0.1) is 0 Å². The van der Waals surface area contributed by atoms with Gasteiger partial charge >= 0.3 is 0 Å². The van der Waals surface area contributed by atoms with Gasteiger partial charge in [0.25, 0.3) is 0 Å². The Morgan fingerprint density at radius 3 is 2.82 bits per heavy atom. The Morgan fingerprint density at radius 2 is 2.45 bits per heavy atom. The van der Waals surface area contributed by atoms with E-state index >= 15 is 0 Å². The van der Waals surface area contributed by atoms with Crippen LogP contribution in [0.15, 0.2) is 6.20 Å². The number of rotatable bonds is 2. The topological polar surface area (TPSA) is 60.9 Å². The summed E-state index contributed by atoms with van der Waals surface area (Å²) in [7, 11) is 1.71. The van der Waals surface area contributed by atoms with E-state index < -0.39 is 0 Å². The van der Waals surface area contributed by atoms with Gasteiger partial charge in [0.05, 0.1) is 11.9 Å². The van der Waals surface area contributed by atoms with Crippen molar-refractivity contribution in [1.82, 2.24) is 9.78 Å². The minimum Gasteiger partial charge on any atom is -0.396 e. The van der Waals surface area contributed by atoms with Crippen LogP contribution in [0.2, 0.25) is 0 Å². The molecular formula is C7H11N3O. The number of carbonyl (C=O) groups excluding carboxylic acids is 1. The van der Waals surface area contributed by atoms with E-state index in [0.717, 1.165) is 0 Å². The van der Waals surface area contributed by atoms with Gasteiger partial charge in [-0.1, -0.05) is 6.92 Å². The molecule has 0 aliphatic rings. The third-order valence-corrected chi connectivity index (χ3v) is 1.55. The molecule has 0 aliphatic carbocycles. The zero-order valence-electron chi connectivity index (χ0n) is 6.66. The van der Waals surface area contributed by atoms with Crippen molar-refractivity contribution in [2.45, 2.75) is 13.3 Å². The average molecular weight is 153 g/mol. The highest BCUT2D eigenvalue weighted by molar-refractivity contribution is 5.98. The first-order valence-corrected chi connectivity index (χ1v) is 3.47. The molecule has 0 atom stereocenters. The van der Waals surface area contributed by atoms with Crippen LogP contribution < -0.4 is 5.73 Å². The Labute approximate surface area is 65.0 Å². The Kier molecular flexibility index (Phi) is 1.94. The molecule has 0 fully saturated rings. The summed E-state index contributed by atoms with van der Waals surface area (Å²) in [4.78, 5) is 11.2. The Bertz CT molecular complexity index is 258. The molecule has 4 heteroatoms. The average Bonchev–Trinajstić information content (AvgIpc) is 2.30. The number of hydrogen-bond acceptors (Lipinski definition) is 3. The lowest BCUT2D eigenvalue weighted by molar-refractivity contribution is 0.0980. The molecule has 0 spiro atoms. The summed E-state index contributed by atoms with van der Waals surface area (Å²) in [6.45, 7) is 1.80. The number of nitrogen functional groups attached to an aromatic ring is 1. The molecule has 0 aliphatic heterocycles. The van der Waals surface area contributed by atoms with Crippen molar-refractivity contribution in [3.63, 3.8) is 0 Å². The van der Waals surface area contributed by atoms with Crippen molar-refractivity contribution in [3.8, 4) is 0 Å². The number of hydrogen-bond donors (Lipinski definition) is 1. The van der Waals surface area contributed by atoms with Crippen LogP contribution >= 0.6 is 0 Å². The third-order valence-electron chi connectivity index (χ3n) is 1.55. The van der Waals surface area contributed by atoms with Gasteiger partial charge in [-0.3, -0.25) is 9.48 Å². The summed E-state index contributed by atoms with van der Waals surface area (Å²) >= 11 is 0. The predicted molar refractivity (Wildman–Crippen MR) is 42.2 cm³/mol. The minimum absolute atomic E-state index is 0.0301. The second-order valence-electron chi connectivity index (χ2n) is 2.35. The van der Waals surface area contributed by atoms with E-state index in [1.54, 1.807) is 14.0 Å². The number of anilines is 1. The van der Waals surface area contributed by atoms with Gasteiger partial charge in [-0.25, -0.2) is 0 Å². The standard InChI is InChI=1S/C7H11N3O/c1-3-6(11)7-5(8)4-9-10(7)2/h4H,3,8H2,1-2H3. The first-order valence-electron chi connectivity index (χ1n) is 3.47. The lowest BCUT2D eigenvalue weighted by Crippen LogP contribution is -2.07. The van der Waals surface area contributed by atoms with Gasteiger partial charge in [0.2, 0.25) is 0 Å². The second-order valence-corrected chi connectivity index (χ2v) is 2.35. The lowest BCUT2D eigenvalue weighted by atomic mass is 10.2. The van der Waals surface area contributed by atoms with Crippen molar-refractivity contribution < 1.29 is 4.79 Å². The molecule has 1 rings (SSSR count). The molecule has 11 heavy (non-hydrogen) atoms. The molecule has 60 valence electrons. The Hall–Kier alpha value is -1.32. The van der Waals surface area contributed by atoms with E-state index in [1.165, 1.54) is 10.9 Å². The molecule has 1 aromatic rings. The van der Waals surface area contributed by atoms with Crippen LogP contribution in [0.3, 0.4) is 0 Å². The SMILES string of the molecule is CCC(=O)c1c(N)cnn1C. The molecule has 0 aromatic carbocycles. The molecule has 2 N–H and O–H groups in total. The molecule has 0 radical (unpaired) electrons. The largest absolute Gasteiger partial charge is 0.396 e. The minimum atomic E-state index is 0.0301. The van der Waals surface area contributed by atoms with Crippen LogP contribution in [-0.4, -0.2) is 15.6 Å². The van der Waals surface area contributed by atoms with E-state index in [1.807, 2.05) is 0 Å². The van der Waals surface area contributed by atoms with Gasteiger partial charge in [0.1, 0.15) is 5.69 Å². The number of Topliss-reactive ketones (excluding diaryl/α,β-unsaturated/α-hetero) is 1. The number of carbonyl (C=O) groups is 1. The Balaban J connectivity index is 3.10. The maximum absolute atomic E-state index is 11.2. The number of nitrogens with two attached hydrogens (primary N) is 1. The van der Waals surface area contributed by atoms with E-state index in [-0.39, 0.29) is 5.78 Å². The fraction of sp³-hybridized carbons (Fsp3) is 0.429. The first kappa shape index (κ1) is 7.78. The number of ketones is 1. The van der Waals surface area contributed by atoms with Crippen molar-refractivity contribution in [2.24, 2.45) is 7.05 Å². The van der Waals surface area contributed by atoms with Crippen LogP contribution in [0.25, 0.3) is 0 Å². The predicted octanol–water partition coefficient (Wildman–Crippen LogP) is 0.595. The highest BCUT2D eigenvalue weighted by atomic mass is 16.1. The fourth-order valence-electron chi connectivity index (χ4n) is 0.963. The van der Waals surface area contributed by atoms with Gasteiger partial charge in [-0.05, 0) is 0 Å². The second kappa shape index (κ2) is 2.74. The van der Waals surface area contributed by atoms with Gasteiger partial charge in [-0.2, -0.15) is 5.10 Å². The van der Waals surface area contributed by atoms with Crippen LogP contribution in [0.5, 0.6) is 0 Å². The van der Waals surface area contributed by atoms with E-state index in [9.17, 15) is 4.79 Å². The summed E-state index contributed by atoms with van der Waals surface area (Å²) in [5, 5.41) is 3.86. The summed E-state index contributed by atoms with van der Waals surface area (Å²) in [6.07, 6.45) is 1.95. The van der Waals surface area contributed by atoms with Crippen molar-refractivity contribution >= 4 is 11.5 Å². The summed E-state index contributed by atoms with van der Waals surface area (Å²) in [5.41, 5.74) is 6.48. The molecule has 0 unspecified atom stereocenters. The van der Waals surface area contributed by atoms with Crippen molar-refractivity contribution in [3.05, 3.63) is 11.9 Å². The zero-order valence-corrected chi connectivity index (χ0v) is 6.66. The van der Waals surface area contributed by atoms with E-state index in [4.69, 9.17) is 5.73 Å². The first-order chi connectivity index (χ1) is 5.16. The maximum atomic E-state index is 11.2. The smallest absolute Gasteiger partial charge is 0.182 e. The van der Waals surface area contributed by atoms with Gasteiger partial charge in [0, 0.05) is 13.5 Å². The highest BCUT2D eigenvalue weighted by Gasteiger charge is 2.11. The molecule has 0 saturated heterocycles. The molecule has 4 nitrogen and oxygen atoms in total. The Morgan fingerprint density at radius 1 is 1.82 bits per heavy atom. The van der Waals surface area contributed by atoms with E-state index in [2.05, 4.69) is 5.10 Å². The third kappa shape index (κ3) is 1.24. The fourth-order valence-corrected chi connectivity index (χ4v) is 0.963. The van der Waals surface area contributed by atoms with Crippen molar-refractivity contribution in [2.75, 3.05) is 5.73 Å². The van der Waals surface area contributed by atoms with E-state index in [0.29, 0.717) is 17.8 Å². The number of aryl methyl sites for hydroxylation is 1. The summed E-state index contributed by atoms with van der Waals surface area (Å²) in [6, 6.07) is 0. The normalized spacial score (nSPS) is 10.0.